The number of rotatable bonds is 3. The minimum atomic E-state index is -3.57. The van der Waals surface area contributed by atoms with Crippen molar-refractivity contribution in [3.05, 3.63) is 54.2 Å². The van der Waals surface area contributed by atoms with E-state index in [2.05, 4.69) is 15.8 Å². The predicted molar refractivity (Wildman–Crippen MR) is 65.1 cm³/mol. The maximum Gasteiger partial charge on any atom is 0.263 e. The van der Waals surface area contributed by atoms with Gasteiger partial charge >= 0.3 is 0 Å². The van der Waals surface area contributed by atoms with Crippen molar-refractivity contribution in [1.82, 2.24) is 4.98 Å². The van der Waals surface area contributed by atoms with Crippen LogP contribution in [0.25, 0.3) is 0 Å². The highest BCUT2D eigenvalue weighted by Crippen LogP contribution is 2.17. The van der Waals surface area contributed by atoms with E-state index in [9.17, 15) is 8.42 Å². The van der Waals surface area contributed by atoms with E-state index in [1.54, 1.807) is 43.3 Å². The zero-order valence-corrected chi connectivity index (χ0v) is 10.0. The largest absolute Gasteiger partial charge is 0.263 e. The van der Waals surface area contributed by atoms with Crippen LogP contribution < -0.4 is 4.72 Å². The molecule has 1 N–H and O–H groups in total. The monoisotopic (exact) mass is 247 g/mol. The number of benzene rings is 1. The summed E-state index contributed by atoms with van der Waals surface area (Å²) in [6, 6.07) is 12.7. The van der Waals surface area contributed by atoms with E-state index in [4.69, 9.17) is 0 Å². The summed E-state index contributed by atoms with van der Waals surface area (Å²) in [4.78, 5) is 4.13. The van der Waals surface area contributed by atoms with Gasteiger partial charge in [-0.05, 0) is 30.7 Å². The van der Waals surface area contributed by atoms with Crippen molar-refractivity contribution >= 4 is 15.8 Å². The molecule has 0 bridgehead atoms. The smallest absolute Gasteiger partial charge is 0.263 e. The van der Waals surface area contributed by atoms with Crippen molar-refractivity contribution in [2.75, 3.05) is 4.72 Å². The van der Waals surface area contributed by atoms with E-state index < -0.39 is 10.0 Å². The average molecular weight is 247 g/mol. The molecule has 0 saturated heterocycles. The van der Waals surface area contributed by atoms with Gasteiger partial charge in [0.2, 0.25) is 0 Å². The third-order valence-electron chi connectivity index (χ3n) is 2.24. The molecule has 1 aromatic carbocycles. The zero-order valence-electron chi connectivity index (χ0n) is 9.21. The van der Waals surface area contributed by atoms with E-state index in [1.807, 2.05) is 0 Å². The van der Waals surface area contributed by atoms with Gasteiger partial charge in [-0.2, -0.15) is 0 Å². The molecule has 0 saturated carbocycles. The number of nitrogens with zero attached hydrogens (tertiary/aromatic N) is 1. The average Bonchev–Trinajstić information content (AvgIpc) is 2.30. The number of anilines is 1. The van der Waals surface area contributed by atoms with Gasteiger partial charge in [0.1, 0.15) is 5.82 Å². The van der Waals surface area contributed by atoms with Gasteiger partial charge in [0.05, 0.1) is 4.90 Å². The van der Waals surface area contributed by atoms with Crippen LogP contribution in [0.15, 0.2) is 47.5 Å². The minimum Gasteiger partial charge on any atom is -0.263 e. The topological polar surface area (TPSA) is 59.1 Å². The first-order chi connectivity index (χ1) is 8.09. The fourth-order valence-electron chi connectivity index (χ4n) is 1.43. The first-order valence-electron chi connectivity index (χ1n) is 5.00. The van der Waals surface area contributed by atoms with E-state index in [0.29, 0.717) is 5.56 Å². The van der Waals surface area contributed by atoms with Crippen molar-refractivity contribution in [3.63, 3.8) is 0 Å². The van der Waals surface area contributed by atoms with Gasteiger partial charge < -0.3 is 0 Å². The second-order valence-corrected chi connectivity index (χ2v) is 5.17. The minimum absolute atomic E-state index is 0.259. The van der Waals surface area contributed by atoms with Crippen molar-refractivity contribution in [3.8, 4) is 0 Å². The number of aromatic nitrogens is 1. The highest BCUT2D eigenvalue weighted by Gasteiger charge is 2.16. The summed E-state index contributed by atoms with van der Waals surface area (Å²) in [5.74, 6) is 0.284. The lowest BCUT2D eigenvalue weighted by Crippen LogP contribution is -2.14. The molecule has 0 spiro atoms. The van der Waals surface area contributed by atoms with Crippen LogP contribution in [0, 0.1) is 13.0 Å². The normalized spacial score (nSPS) is 11.1. The second kappa shape index (κ2) is 4.55. The maximum absolute atomic E-state index is 12.1. The molecule has 0 atom stereocenters. The summed E-state index contributed by atoms with van der Waals surface area (Å²) in [6.45, 7) is 1.75. The summed E-state index contributed by atoms with van der Waals surface area (Å²) in [5.41, 5.74) is 0.697. The lowest BCUT2D eigenvalue weighted by molar-refractivity contribution is 0.600. The first-order valence-corrected chi connectivity index (χ1v) is 6.48. The molecule has 1 heterocycles. The fraction of sp³-hybridized carbons (Fsp3) is 0.0833. The van der Waals surface area contributed by atoms with Crippen LogP contribution >= 0.6 is 0 Å². The summed E-state index contributed by atoms with van der Waals surface area (Å²) < 4.78 is 26.5. The lowest BCUT2D eigenvalue weighted by atomic mass is 10.2. The van der Waals surface area contributed by atoms with Crippen molar-refractivity contribution in [2.24, 2.45) is 0 Å². The molecular formula is C12H11N2O2S. The Morgan fingerprint density at radius 3 is 2.65 bits per heavy atom. The van der Waals surface area contributed by atoms with Crippen LogP contribution in [0.2, 0.25) is 0 Å². The standard InChI is InChI=1S/C12H11N2O2S/c1-10-6-2-3-7-11(10)17(15,16)14-12-8-4-5-9-13-12/h2-4,6-9H,1H3,(H,13,14). The van der Waals surface area contributed by atoms with Gasteiger partial charge in [-0.25, -0.2) is 13.4 Å². The van der Waals surface area contributed by atoms with Crippen LogP contribution in [0.3, 0.4) is 0 Å². The number of pyridine rings is 1. The van der Waals surface area contributed by atoms with Crippen LogP contribution in [-0.2, 0) is 10.0 Å². The molecule has 2 aromatic rings. The molecule has 0 aliphatic rings. The number of hydrogen-bond acceptors (Lipinski definition) is 3. The Kier molecular flexibility index (Phi) is 3.10. The van der Waals surface area contributed by atoms with E-state index in [0.717, 1.165) is 0 Å². The van der Waals surface area contributed by atoms with Gasteiger partial charge in [0.15, 0.2) is 0 Å². The van der Waals surface area contributed by atoms with Crippen molar-refractivity contribution in [1.29, 1.82) is 0 Å². The van der Waals surface area contributed by atoms with Crippen LogP contribution in [0.4, 0.5) is 5.82 Å². The molecular weight excluding hydrogens is 236 g/mol. The third kappa shape index (κ3) is 2.62. The van der Waals surface area contributed by atoms with E-state index in [-0.39, 0.29) is 10.7 Å². The van der Waals surface area contributed by atoms with E-state index >= 15 is 0 Å². The molecule has 0 amide bonds. The molecule has 87 valence electrons. The number of sulfonamides is 1. The zero-order chi connectivity index (χ0) is 12.3. The van der Waals surface area contributed by atoms with Crippen LogP contribution in [0.5, 0.6) is 0 Å². The number of aryl methyl sites for hydroxylation is 1. The first kappa shape index (κ1) is 11.6. The summed E-state index contributed by atoms with van der Waals surface area (Å²) >= 11 is 0. The third-order valence-corrected chi connectivity index (χ3v) is 3.75. The fourth-order valence-corrected chi connectivity index (χ4v) is 2.69. The Bertz CT molecular complexity index is 609. The number of nitrogens with one attached hydrogen (secondary N) is 1. The Labute approximate surface area is 100 Å². The van der Waals surface area contributed by atoms with Gasteiger partial charge in [-0.3, -0.25) is 4.72 Å². The number of hydrogen-bond donors (Lipinski definition) is 1. The molecule has 0 aliphatic carbocycles. The molecule has 1 aromatic heterocycles. The van der Waals surface area contributed by atoms with Crippen LogP contribution in [0.1, 0.15) is 5.56 Å². The second-order valence-electron chi connectivity index (χ2n) is 3.51. The molecule has 0 fully saturated rings. The predicted octanol–water partition coefficient (Wildman–Crippen LogP) is 1.99. The molecule has 17 heavy (non-hydrogen) atoms. The van der Waals surface area contributed by atoms with E-state index in [1.165, 1.54) is 6.20 Å². The maximum atomic E-state index is 12.1. The van der Waals surface area contributed by atoms with Crippen LogP contribution in [-0.4, -0.2) is 13.4 Å². The SMILES string of the molecule is Cc1ccccc1S(=O)(=O)Nc1cc[c]cn1. The Balaban J connectivity index is 2.36. The Morgan fingerprint density at radius 2 is 2.00 bits per heavy atom. The molecule has 2 rings (SSSR count). The highest BCUT2D eigenvalue weighted by molar-refractivity contribution is 7.92. The van der Waals surface area contributed by atoms with Crippen molar-refractivity contribution < 1.29 is 8.42 Å². The highest BCUT2D eigenvalue weighted by atomic mass is 32.2. The molecule has 5 heteroatoms. The Hall–Kier alpha value is -1.88. The summed E-state index contributed by atoms with van der Waals surface area (Å²) in [7, 11) is -3.57. The van der Waals surface area contributed by atoms with Gasteiger partial charge in [-0.1, -0.05) is 18.2 Å². The quantitative estimate of drug-likeness (QED) is 0.902. The Morgan fingerprint density at radius 1 is 1.24 bits per heavy atom. The molecule has 0 aliphatic heterocycles. The lowest BCUT2D eigenvalue weighted by Gasteiger charge is -2.08. The van der Waals surface area contributed by atoms with Crippen molar-refractivity contribution in [2.45, 2.75) is 11.8 Å². The molecule has 1 radical (unpaired) electrons. The van der Waals surface area contributed by atoms with Gasteiger partial charge in [0, 0.05) is 12.3 Å². The molecule has 4 nitrogen and oxygen atoms in total. The summed E-state index contributed by atoms with van der Waals surface area (Å²) in [6.07, 6.45) is 1.41. The summed E-state index contributed by atoms with van der Waals surface area (Å²) in [5, 5.41) is 0. The molecule has 0 unspecified atom stereocenters. The van der Waals surface area contributed by atoms with Gasteiger partial charge in [0.25, 0.3) is 10.0 Å². The van der Waals surface area contributed by atoms with Gasteiger partial charge in [-0.15, -0.1) is 0 Å².